The minimum Gasteiger partial charge on any atom is -0.507 e. The van der Waals surface area contributed by atoms with Gasteiger partial charge in [0, 0.05) is 5.56 Å². The third kappa shape index (κ3) is 3.15. The predicted molar refractivity (Wildman–Crippen MR) is 81.1 cm³/mol. The zero-order valence-corrected chi connectivity index (χ0v) is 11.8. The summed E-state index contributed by atoms with van der Waals surface area (Å²) in [5.74, 6) is 1.28. The van der Waals surface area contributed by atoms with Gasteiger partial charge in [0.2, 0.25) is 0 Å². The highest BCUT2D eigenvalue weighted by molar-refractivity contribution is 5.91. The Balaban J connectivity index is 2.48. The van der Waals surface area contributed by atoms with Crippen molar-refractivity contribution in [1.82, 2.24) is 0 Å². The van der Waals surface area contributed by atoms with Crippen LogP contribution in [0.2, 0.25) is 0 Å². The van der Waals surface area contributed by atoms with E-state index in [0.717, 1.165) is 0 Å². The first-order valence-corrected chi connectivity index (χ1v) is 6.31. The standard InChI is InChI=1S/C17H15NO3/c1-20-16-8-7-12(10-17(16)21-2)14(11-18)9-13-5-3-4-6-15(13)19/h3-10,19H,1-2H3. The lowest BCUT2D eigenvalue weighted by atomic mass is 10.0. The molecule has 0 aliphatic rings. The zero-order chi connectivity index (χ0) is 15.2. The van der Waals surface area contributed by atoms with Crippen LogP contribution in [0.4, 0.5) is 0 Å². The molecule has 2 aromatic carbocycles. The number of phenols is 1. The Kier molecular flexibility index (Phi) is 4.47. The van der Waals surface area contributed by atoms with Crippen molar-refractivity contribution in [2.24, 2.45) is 0 Å². The van der Waals surface area contributed by atoms with Crippen LogP contribution in [0, 0.1) is 11.3 Å². The maximum Gasteiger partial charge on any atom is 0.161 e. The van der Waals surface area contributed by atoms with E-state index in [0.29, 0.717) is 28.2 Å². The van der Waals surface area contributed by atoms with E-state index in [1.54, 1.807) is 62.8 Å². The number of nitrogens with zero attached hydrogens (tertiary/aromatic N) is 1. The molecule has 21 heavy (non-hydrogen) atoms. The molecular weight excluding hydrogens is 266 g/mol. The molecule has 4 nitrogen and oxygen atoms in total. The Morgan fingerprint density at radius 2 is 1.81 bits per heavy atom. The summed E-state index contributed by atoms with van der Waals surface area (Å²) in [4.78, 5) is 0. The van der Waals surface area contributed by atoms with Gasteiger partial charge in [0.05, 0.1) is 25.9 Å². The molecule has 2 aromatic rings. The van der Waals surface area contributed by atoms with Gasteiger partial charge in [0.1, 0.15) is 5.75 Å². The maximum absolute atomic E-state index is 9.79. The summed E-state index contributed by atoms with van der Waals surface area (Å²) in [5, 5.41) is 19.1. The van der Waals surface area contributed by atoms with E-state index in [9.17, 15) is 10.4 Å². The van der Waals surface area contributed by atoms with E-state index in [-0.39, 0.29) is 5.75 Å². The molecule has 4 heteroatoms. The summed E-state index contributed by atoms with van der Waals surface area (Å²) in [6.45, 7) is 0. The fourth-order valence-corrected chi connectivity index (χ4v) is 1.95. The van der Waals surface area contributed by atoms with Gasteiger partial charge in [-0.3, -0.25) is 0 Å². The molecule has 1 N–H and O–H groups in total. The highest BCUT2D eigenvalue weighted by atomic mass is 16.5. The molecule has 0 radical (unpaired) electrons. The molecule has 0 bridgehead atoms. The molecule has 0 atom stereocenters. The molecule has 0 spiro atoms. The van der Waals surface area contributed by atoms with Crippen LogP contribution >= 0.6 is 0 Å². The number of ether oxygens (including phenoxy) is 2. The number of aromatic hydroxyl groups is 1. The molecule has 0 heterocycles. The number of benzene rings is 2. The van der Waals surface area contributed by atoms with Crippen molar-refractivity contribution in [1.29, 1.82) is 5.26 Å². The van der Waals surface area contributed by atoms with E-state index < -0.39 is 0 Å². The van der Waals surface area contributed by atoms with E-state index in [2.05, 4.69) is 6.07 Å². The Bertz CT molecular complexity index is 714. The monoisotopic (exact) mass is 281 g/mol. The van der Waals surface area contributed by atoms with Gasteiger partial charge in [0.25, 0.3) is 0 Å². The molecule has 0 amide bonds. The van der Waals surface area contributed by atoms with Gasteiger partial charge in [-0.25, -0.2) is 0 Å². The first-order chi connectivity index (χ1) is 10.2. The number of methoxy groups -OCH3 is 2. The SMILES string of the molecule is COc1ccc(C(C#N)=Cc2ccccc2O)cc1OC. The quantitative estimate of drug-likeness (QED) is 0.688. The van der Waals surface area contributed by atoms with Crippen molar-refractivity contribution < 1.29 is 14.6 Å². The van der Waals surface area contributed by atoms with Crippen LogP contribution in [0.15, 0.2) is 42.5 Å². The first-order valence-electron chi connectivity index (χ1n) is 6.31. The fourth-order valence-electron chi connectivity index (χ4n) is 1.95. The van der Waals surface area contributed by atoms with Gasteiger partial charge in [0.15, 0.2) is 11.5 Å². The third-order valence-electron chi connectivity index (χ3n) is 3.05. The summed E-state index contributed by atoms with van der Waals surface area (Å²) in [6.07, 6.45) is 1.64. The number of rotatable bonds is 4. The summed E-state index contributed by atoms with van der Waals surface area (Å²) in [7, 11) is 3.10. The Morgan fingerprint density at radius 3 is 2.43 bits per heavy atom. The predicted octanol–water partition coefficient (Wildman–Crippen LogP) is 3.47. The van der Waals surface area contributed by atoms with Crippen molar-refractivity contribution in [3.05, 3.63) is 53.6 Å². The highest BCUT2D eigenvalue weighted by Crippen LogP contribution is 2.31. The van der Waals surface area contributed by atoms with Gasteiger partial charge in [-0.05, 0) is 35.9 Å². The Labute approximate surface area is 123 Å². The number of nitriles is 1. The Morgan fingerprint density at radius 1 is 1.10 bits per heavy atom. The number of allylic oxidation sites excluding steroid dienone is 1. The van der Waals surface area contributed by atoms with E-state index in [1.807, 2.05) is 0 Å². The van der Waals surface area contributed by atoms with E-state index >= 15 is 0 Å². The number of hydrogen-bond donors (Lipinski definition) is 1. The van der Waals surface area contributed by atoms with Crippen LogP contribution in [0.5, 0.6) is 17.2 Å². The smallest absolute Gasteiger partial charge is 0.161 e. The molecule has 0 aromatic heterocycles. The molecule has 0 saturated carbocycles. The largest absolute Gasteiger partial charge is 0.507 e. The molecular formula is C17H15NO3. The highest BCUT2D eigenvalue weighted by Gasteiger charge is 2.08. The lowest BCUT2D eigenvalue weighted by Crippen LogP contribution is -1.92. The maximum atomic E-state index is 9.79. The van der Waals surface area contributed by atoms with Crippen molar-refractivity contribution in [2.45, 2.75) is 0 Å². The van der Waals surface area contributed by atoms with Crippen molar-refractivity contribution in [3.63, 3.8) is 0 Å². The number of para-hydroxylation sites is 1. The van der Waals surface area contributed by atoms with Crippen LogP contribution in [-0.4, -0.2) is 19.3 Å². The minimum absolute atomic E-state index is 0.130. The number of hydrogen-bond acceptors (Lipinski definition) is 4. The normalized spacial score (nSPS) is 10.8. The van der Waals surface area contributed by atoms with Crippen LogP contribution in [0.1, 0.15) is 11.1 Å². The average molecular weight is 281 g/mol. The van der Waals surface area contributed by atoms with Crippen molar-refractivity contribution >= 4 is 11.6 Å². The van der Waals surface area contributed by atoms with Gasteiger partial charge in [-0.15, -0.1) is 0 Å². The average Bonchev–Trinajstić information content (AvgIpc) is 2.53. The summed E-state index contributed by atoms with van der Waals surface area (Å²) in [5.41, 5.74) is 1.71. The lowest BCUT2D eigenvalue weighted by Gasteiger charge is -2.09. The molecule has 0 fully saturated rings. The fraction of sp³-hybridized carbons (Fsp3) is 0.118. The second-order valence-electron chi connectivity index (χ2n) is 4.30. The van der Waals surface area contributed by atoms with Gasteiger partial charge in [-0.1, -0.05) is 18.2 Å². The van der Waals surface area contributed by atoms with E-state index in [1.165, 1.54) is 0 Å². The zero-order valence-electron chi connectivity index (χ0n) is 11.8. The molecule has 0 unspecified atom stereocenters. The Hall–Kier alpha value is -2.93. The molecule has 2 rings (SSSR count). The van der Waals surface area contributed by atoms with Crippen molar-refractivity contribution in [3.8, 4) is 23.3 Å². The van der Waals surface area contributed by atoms with Gasteiger partial charge >= 0.3 is 0 Å². The van der Waals surface area contributed by atoms with E-state index in [4.69, 9.17) is 9.47 Å². The summed E-state index contributed by atoms with van der Waals surface area (Å²) in [6, 6.07) is 14.2. The van der Waals surface area contributed by atoms with Gasteiger partial charge in [-0.2, -0.15) is 5.26 Å². The second-order valence-corrected chi connectivity index (χ2v) is 4.30. The topological polar surface area (TPSA) is 62.5 Å². The van der Waals surface area contributed by atoms with Crippen LogP contribution in [-0.2, 0) is 0 Å². The van der Waals surface area contributed by atoms with Crippen LogP contribution in [0.3, 0.4) is 0 Å². The number of phenolic OH excluding ortho intramolecular Hbond substituents is 1. The third-order valence-corrected chi connectivity index (χ3v) is 3.05. The molecule has 106 valence electrons. The first kappa shape index (κ1) is 14.5. The minimum atomic E-state index is 0.130. The molecule has 0 aliphatic carbocycles. The molecule has 0 aliphatic heterocycles. The lowest BCUT2D eigenvalue weighted by molar-refractivity contribution is 0.355. The summed E-state index contributed by atoms with van der Waals surface area (Å²) < 4.78 is 10.4. The molecule has 0 saturated heterocycles. The summed E-state index contributed by atoms with van der Waals surface area (Å²) >= 11 is 0. The second kappa shape index (κ2) is 6.49. The van der Waals surface area contributed by atoms with Gasteiger partial charge < -0.3 is 14.6 Å². The van der Waals surface area contributed by atoms with Crippen LogP contribution in [0.25, 0.3) is 11.6 Å². The van der Waals surface area contributed by atoms with Crippen LogP contribution < -0.4 is 9.47 Å². The van der Waals surface area contributed by atoms with Crippen molar-refractivity contribution in [2.75, 3.05) is 14.2 Å².